The number of non-ortho nitro benzene ring substituents is 1. The normalized spacial score (nSPS) is 10.3. The topological polar surface area (TPSA) is 52.4 Å². The number of ether oxygens (including phenoxy) is 1. The van der Waals surface area contributed by atoms with Gasteiger partial charge in [-0.3, -0.25) is 10.1 Å². The fourth-order valence-electron chi connectivity index (χ4n) is 1.51. The van der Waals surface area contributed by atoms with Crippen molar-refractivity contribution in [3.05, 3.63) is 62.1 Å². The Kier molecular flexibility index (Phi) is 4.86. The van der Waals surface area contributed by atoms with Crippen LogP contribution >= 0.6 is 39.1 Å². The predicted molar refractivity (Wildman–Crippen MR) is 82.3 cm³/mol. The lowest BCUT2D eigenvalue weighted by Crippen LogP contribution is -1.91. The molecule has 0 atom stereocenters. The monoisotopic (exact) mass is 375 g/mol. The van der Waals surface area contributed by atoms with E-state index in [-0.39, 0.29) is 10.7 Å². The minimum atomic E-state index is -0.520. The summed E-state index contributed by atoms with van der Waals surface area (Å²) in [4.78, 5) is 10.1. The van der Waals surface area contributed by atoms with Crippen molar-refractivity contribution in [3.8, 4) is 11.5 Å². The van der Waals surface area contributed by atoms with Gasteiger partial charge in [-0.05, 0) is 23.8 Å². The number of hydrogen-bond donors (Lipinski definition) is 0. The number of rotatable bonds is 4. The van der Waals surface area contributed by atoms with Crippen LogP contribution in [0.4, 0.5) is 5.69 Å². The molecule has 0 aliphatic rings. The Labute approximate surface area is 133 Å². The van der Waals surface area contributed by atoms with E-state index in [4.69, 9.17) is 27.9 Å². The number of alkyl halides is 1. The van der Waals surface area contributed by atoms with Gasteiger partial charge < -0.3 is 4.74 Å². The molecule has 0 amide bonds. The van der Waals surface area contributed by atoms with Crippen LogP contribution in [0.3, 0.4) is 0 Å². The van der Waals surface area contributed by atoms with Gasteiger partial charge in [0.15, 0.2) is 0 Å². The third-order valence-corrected chi connectivity index (χ3v) is 3.74. The van der Waals surface area contributed by atoms with Crippen molar-refractivity contribution < 1.29 is 9.66 Å². The summed E-state index contributed by atoms with van der Waals surface area (Å²) >= 11 is 15.4. The lowest BCUT2D eigenvalue weighted by Gasteiger charge is -2.09. The molecule has 2 aromatic rings. The predicted octanol–water partition coefficient (Wildman–Crippen LogP) is 5.59. The summed E-state index contributed by atoms with van der Waals surface area (Å²) in [5, 5.41) is 11.9. The fourth-order valence-corrected chi connectivity index (χ4v) is 2.32. The molecule has 0 unspecified atom stereocenters. The van der Waals surface area contributed by atoms with Crippen molar-refractivity contribution in [2.75, 3.05) is 0 Å². The molecule has 0 saturated heterocycles. The van der Waals surface area contributed by atoms with Crippen molar-refractivity contribution in [1.82, 2.24) is 0 Å². The van der Waals surface area contributed by atoms with Gasteiger partial charge in [-0.15, -0.1) is 0 Å². The highest BCUT2D eigenvalue weighted by Gasteiger charge is 2.12. The molecule has 2 rings (SSSR count). The van der Waals surface area contributed by atoms with Gasteiger partial charge in [0.1, 0.15) is 11.5 Å². The first-order valence-electron chi connectivity index (χ1n) is 5.47. The molecule has 0 aliphatic carbocycles. The van der Waals surface area contributed by atoms with Gasteiger partial charge in [0.05, 0.1) is 15.0 Å². The second-order valence-electron chi connectivity index (χ2n) is 3.87. The van der Waals surface area contributed by atoms with E-state index in [2.05, 4.69) is 15.9 Å². The highest BCUT2D eigenvalue weighted by Crippen LogP contribution is 2.35. The van der Waals surface area contributed by atoms with Gasteiger partial charge in [-0.25, -0.2) is 0 Å². The minimum Gasteiger partial charge on any atom is -0.454 e. The van der Waals surface area contributed by atoms with Gasteiger partial charge >= 0.3 is 0 Å². The van der Waals surface area contributed by atoms with E-state index in [0.717, 1.165) is 5.56 Å². The standard InChI is InChI=1S/C13H8BrCl2NO3/c14-7-8-1-3-12(10(15)5-8)20-13-4-2-9(17(18)19)6-11(13)16/h1-6H,7H2. The maximum absolute atomic E-state index is 10.6. The van der Waals surface area contributed by atoms with E-state index in [1.165, 1.54) is 18.2 Å². The van der Waals surface area contributed by atoms with E-state index < -0.39 is 4.92 Å². The van der Waals surface area contributed by atoms with Crippen molar-refractivity contribution in [2.24, 2.45) is 0 Å². The van der Waals surface area contributed by atoms with Crippen LogP contribution in [0.1, 0.15) is 5.56 Å². The molecule has 104 valence electrons. The molecular weight excluding hydrogens is 369 g/mol. The Bertz CT molecular complexity index is 664. The molecule has 4 nitrogen and oxygen atoms in total. The molecule has 0 bridgehead atoms. The average Bonchev–Trinajstić information content (AvgIpc) is 2.42. The lowest BCUT2D eigenvalue weighted by atomic mass is 10.2. The molecule has 2 aromatic carbocycles. The summed E-state index contributed by atoms with van der Waals surface area (Å²) in [6.07, 6.45) is 0. The van der Waals surface area contributed by atoms with Crippen LogP contribution in [0.25, 0.3) is 0 Å². The lowest BCUT2D eigenvalue weighted by molar-refractivity contribution is -0.384. The molecule has 0 saturated carbocycles. The van der Waals surface area contributed by atoms with Gasteiger partial charge in [0.2, 0.25) is 0 Å². The Hall–Kier alpha value is -1.30. The fraction of sp³-hybridized carbons (Fsp3) is 0.0769. The zero-order valence-corrected chi connectivity index (χ0v) is 13.1. The van der Waals surface area contributed by atoms with Gasteiger partial charge in [0, 0.05) is 17.5 Å². The third-order valence-electron chi connectivity index (χ3n) is 2.50. The molecule has 0 aliphatic heterocycles. The van der Waals surface area contributed by atoms with E-state index in [9.17, 15) is 10.1 Å². The first-order valence-corrected chi connectivity index (χ1v) is 7.35. The van der Waals surface area contributed by atoms with Crippen LogP contribution in [0, 0.1) is 10.1 Å². The summed E-state index contributed by atoms with van der Waals surface area (Å²) in [5.74, 6) is 0.748. The average molecular weight is 377 g/mol. The smallest absolute Gasteiger partial charge is 0.271 e. The van der Waals surface area contributed by atoms with Crippen molar-refractivity contribution in [2.45, 2.75) is 5.33 Å². The molecule has 20 heavy (non-hydrogen) atoms. The number of nitrogens with zero attached hydrogens (tertiary/aromatic N) is 1. The molecule has 0 N–H and O–H groups in total. The molecule has 0 fully saturated rings. The second-order valence-corrected chi connectivity index (χ2v) is 5.25. The van der Waals surface area contributed by atoms with Crippen molar-refractivity contribution in [3.63, 3.8) is 0 Å². The summed E-state index contributed by atoms with van der Waals surface area (Å²) in [5.41, 5.74) is 0.917. The van der Waals surface area contributed by atoms with Crippen LogP contribution in [-0.4, -0.2) is 4.92 Å². The first kappa shape index (κ1) is 15.1. The quantitative estimate of drug-likeness (QED) is 0.397. The van der Waals surface area contributed by atoms with Crippen LogP contribution < -0.4 is 4.74 Å². The maximum Gasteiger partial charge on any atom is 0.271 e. The Balaban J connectivity index is 2.28. The van der Waals surface area contributed by atoms with Crippen LogP contribution in [0.15, 0.2) is 36.4 Å². The molecule has 7 heteroatoms. The second kappa shape index (κ2) is 6.43. The molecule has 0 spiro atoms. The minimum absolute atomic E-state index is 0.0944. The maximum atomic E-state index is 10.6. The zero-order valence-electron chi connectivity index (χ0n) is 9.98. The first-order chi connectivity index (χ1) is 9.51. The molecule has 0 aromatic heterocycles. The zero-order chi connectivity index (χ0) is 14.7. The van der Waals surface area contributed by atoms with Crippen molar-refractivity contribution >= 4 is 44.8 Å². The van der Waals surface area contributed by atoms with E-state index in [1.807, 2.05) is 6.07 Å². The number of nitro benzene ring substituents is 1. The SMILES string of the molecule is O=[N+]([O-])c1ccc(Oc2ccc(CBr)cc2Cl)c(Cl)c1. The summed E-state index contributed by atoms with van der Waals surface area (Å²) in [6.45, 7) is 0. The molecule has 0 heterocycles. The number of halogens is 3. The molecular formula is C13H8BrCl2NO3. The van der Waals surface area contributed by atoms with E-state index in [0.29, 0.717) is 21.9 Å². The molecule has 0 radical (unpaired) electrons. The van der Waals surface area contributed by atoms with E-state index >= 15 is 0 Å². The van der Waals surface area contributed by atoms with Gasteiger partial charge in [0.25, 0.3) is 5.69 Å². The van der Waals surface area contributed by atoms with Gasteiger partial charge in [-0.2, -0.15) is 0 Å². The number of benzene rings is 2. The number of nitro groups is 1. The largest absolute Gasteiger partial charge is 0.454 e. The van der Waals surface area contributed by atoms with Gasteiger partial charge in [-0.1, -0.05) is 45.2 Å². The Morgan fingerprint density at radius 3 is 2.20 bits per heavy atom. The summed E-state index contributed by atoms with van der Waals surface area (Å²) < 4.78 is 5.57. The van der Waals surface area contributed by atoms with Crippen LogP contribution in [-0.2, 0) is 5.33 Å². The Morgan fingerprint density at radius 2 is 1.70 bits per heavy atom. The highest BCUT2D eigenvalue weighted by molar-refractivity contribution is 9.08. The van der Waals surface area contributed by atoms with E-state index in [1.54, 1.807) is 12.1 Å². The highest BCUT2D eigenvalue weighted by atomic mass is 79.9. The number of hydrogen-bond acceptors (Lipinski definition) is 3. The Morgan fingerprint density at radius 1 is 1.10 bits per heavy atom. The summed E-state index contributed by atoms with van der Waals surface area (Å²) in [7, 11) is 0. The summed E-state index contributed by atoms with van der Waals surface area (Å²) in [6, 6.07) is 9.34. The van der Waals surface area contributed by atoms with Crippen LogP contribution in [0.5, 0.6) is 11.5 Å². The van der Waals surface area contributed by atoms with Crippen molar-refractivity contribution in [1.29, 1.82) is 0 Å². The van der Waals surface area contributed by atoms with Crippen LogP contribution in [0.2, 0.25) is 10.0 Å². The third kappa shape index (κ3) is 3.42.